The number of nitrogens with zero attached hydrogens (tertiary/aromatic N) is 2. The molecule has 2 N–H and O–H groups in total. The van der Waals surface area contributed by atoms with Gasteiger partial charge in [-0.3, -0.25) is 0 Å². The van der Waals surface area contributed by atoms with Gasteiger partial charge in [-0.1, -0.05) is 12.1 Å². The molecule has 1 aliphatic heterocycles. The summed E-state index contributed by atoms with van der Waals surface area (Å²) in [4.78, 5) is 10.4. The first-order chi connectivity index (χ1) is 9.72. The first kappa shape index (κ1) is 13.6. The van der Waals surface area contributed by atoms with Gasteiger partial charge in [-0.25, -0.2) is 4.98 Å². The summed E-state index contributed by atoms with van der Waals surface area (Å²) in [6.45, 7) is 5.56. The second kappa shape index (κ2) is 5.94. The summed E-state index contributed by atoms with van der Waals surface area (Å²) in [5.74, 6) is 1.78. The molecule has 4 nitrogen and oxygen atoms in total. The van der Waals surface area contributed by atoms with E-state index in [9.17, 15) is 0 Å². The number of piperidine rings is 1. The van der Waals surface area contributed by atoms with Gasteiger partial charge in [0.15, 0.2) is 0 Å². The van der Waals surface area contributed by atoms with E-state index in [2.05, 4.69) is 46.3 Å². The summed E-state index contributed by atoms with van der Waals surface area (Å²) in [7, 11) is 2.22. The largest absolute Gasteiger partial charge is 0.341 e. The van der Waals surface area contributed by atoms with Crippen molar-refractivity contribution >= 4 is 11.0 Å². The van der Waals surface area contributed by atoms with Crippen molar-refractivity contribution in [2.45, 2.75) is 32.4 Å². The van der Waals surface area contributed by atoms with Gasteiger partial charge in [0.05, 0.1) is 17.6 Å². The molecule has 1 fully saturated rings. The van der Waals surface area contributed by atoms with Gasteiger partial charge in [0.1, 0.15) is 5.82 Å². The van der Waals surface area contributed by atoms with Crippen molar-refractivity contribution in [1.29, 1.82) is 0 Å². The Labute approximate surface area is 120 Å². The standard InChI is InChI=1S/C16H24N4/c1-12(13-6-5-9-20(2)11-13)17-10-16-18-14-7-3-4-8-15(14)19-16/h3-4,7-8,12-13,17H,5-6,9-11H2,1-2H3,(H,18,19). The molecule has 4 heteroatoms. The maximum absolute atomic E-state index is 4.62. The van der Waals surface area contributed by atoms with Crippen molar-refractivity contribution in [3.05, 3.63) is 30.1 Å². The van der Waals surface area contributed by atoms with Gasteiger partial charge >= 0.3 is 0 Å². The molecule has 2 aromatic rings. The van der Waals surface area contributed by atoms with E-state index in [1.165, 1.54) is 25.9 Å². The number of H-pyrrole nitrogens is 1. The first-order valence-corrected chi connectivity index (χ1v) is 7.58. The van der Waals surface area contributed by atoms with E-state index in [1.807, 2.05) is 12.1 Å². The highest BCUT2D eigenvalue weighted by Gasteiger charge is 2.22. The molecule has 0 radical (unpaired) electrons. The number of aromatic nitrogens is 2. The number of hydrogen-bond donors (Lipinski definition) is 2. The maximum Gasteiger partial charge on any atom is 0.121 e. The fraction of sp³-hybridized carbons (Fsp3) is 0.562. The van der Waals surface area contributed by atoms with E-state index >= 15 is 0 Å². The van der Waals surface area contributed by atoms with Crippen LogP contribution < -0.4 is 5.32 Å². The van der Waals surface area contributed by atoms with E-state index < -0.39 is 0 Å². The van der Waals surface area contributed by atoms with Crippen LogP contribution in [0, 0.1) is 5.92 Å². The first-order valence-electron chi connectivity index (χ1n) is 7.58. The van der Waals surface area contributed by atoms with Crippen molar-refractivity contribution in [2.24, 2.45) is 5.92 Å². The molecule has 0 saturated carbocycles. The number of hydrogen-bond acceptors (Lipinski definition) is 3. The lowest BCUT2D eigenvalue weighted by Crippen LogP contribution is -2.42. The molecule has 2 heterocycles. The lowest BCUT2D eigenvalue weighted by Gasteiger charge is -2.33. The van der Waals surface area contributed by atoms with Crippen LogP contribution in [0.4, 0.5) is 0 Å². The highest BCUT2D eigenvalue weighted by atomic mass is 15.1. The SMILES string of the molecule is CC(NCc1nc2ccccc2[nH]1)C1CCCN(C)C1. The van der Waals surface area contributed by atoms with Crippen LogP contribution in [0.5, 0.6) is 0 Å². The molecular formula is C16H24N4. The zero-order chi connectivity index (χ0) is 13.9. The van der Waals surface area contributed by atoms with E-state index in [0.29, 0.717) is 6.04 Å². The van der Waals surface area contributed by atoms with Gasteiger partial charge in [0.25, 0.3) is 0 Å². The molecule has 1 aliphatic rings. The van der Waals surface area contributed by atoms with Crippen LogP contribution in [0.2, 0.25) is 0 Å². The van der Waals surface area contributed by atoms with Gasteiger partial charge in [0.2, 0.25) is 0 Å². The van der Waals surface area contributed by atoms with Crippen LogP contribution in [0.15, 0.2) is 24.3 Å². The summed E-state index contributed by atoms with van der Waals surface area (Å²) >= 11 is 0. The number of para-hydroxylation sites is 2. The smallest absolute Gasteiger partial charge is 0.121 e. The van der Waals surface area contributed by atoms with Gasteiger partial charge in [0, 0.05) is 12.6 Å². The third kappa shape index (κ3) is 3.02. The van der Waals surface area contributed by atoms with Crippen molar-refractivity contribution in [1.82, 2.24) is 20.2 Å². The number of rotatable bonds is 4. The maximum atomic E-state index is 4.62. The lowest BCUT2D eigenvalue weighted by molar-refractivity contribution is 0.178. The minimum atomic E-state index is 0.533. The number of fused-ring (bicyclic) bond motifs is 1. The molecule has 1 aromatic heterocycles. The quantitative estimate of drug-likeness (QED) is 0.898. The second-order valence-corrected chi connectivity index (χ2v) is 6.03. The normalized spacial score (nSPS) is 22.2. The van der Waals surface area contributed by atoms with E-state index in [0.717, 1.165) is 29.3 Å². The van der Waals surface area contributed by atoms with Crippen molar-refractivity contribution in [2.75, 3.05) is 20.1 Å². The highest BCUT2D eigenvalue weighted by molar-refractivity contribution is 5.74. The summed E-state index contributed by atoms with van der Waals surface area (Å²) in [6, 6.07) is 8.73. The molecule has 0 amide bonds. The zero-order valence-corrected chi connectivity index (χ0v) is 12.4. The van der Waals surface area contributed by atoms with Crippen LogP contribution in [0.25, 0.3) is 11.0 Å². The number of aromatic amines is 1. The number of benzene rings is 1. The van der Waals surface area contributed by atoms with Gasteiger partial charge in [-0.05, 0) is 51.4 Å². The third-order valence-electron chi connectivity index (χ3n) is 4.40. The molecule has 1 saturated heterocycles. The Morgan fingerprint density at radius 1 is 1.45 bits per heavy atom. The highest BCUT2D eigenvalue weighted by Crippen LogP contribution is 2.19. The summed E-state index contributed by atoms with van der Waals surface area (Å²) < 4.78 is 0. The van der Waals surface area contributed by atoms with Gasteiger partial charge < -0.3 is 15.2 Å². The Morgan fingerprint density at radius 2 is 2.30 bits per heavy atom. The van der Waals surface area contributed by atoms with Gasteiger partial charge in [-0.2, -0.15) is 0 Å². The Morgan fingerprint density at radius 3 is 3.10 bits per heavy atom. The lowest BCUT2D eigenvalue weighted by atomic mass is 9.92. The fourth-order valence-electron chi connectivity index (χ4n) is 3.13. The molecular weight excluding hydrogens is 248 g/mol. The molecule has 0 aliphatic carbocycles. The van der Waals surface area contributed by atoms with E-state index in [4.69, 9.17) is 0 Å². The van der Waals surface area contributed by atoms with Crippen molar-refractivity contribution in [3.8, 4) is 0 Å². The molecule has 2 atom stereocenters. The van der Waals surface area contributed by atoms with Gasteiger partial charge in [-0.15, -0.1) is 0 Å². The molecule has 3 rings (SSSR count). The zero-order valence-electron chi connectivity index (χ0n) is 12.4. The van der Waals surface area contributed by atoms with E-state index in [1.54, 1.807) is 0 Å². The molecule has 108 valence electrons. The predicted molar refractivity (Wildman–Crippen MR) is 82.6 cm³/mol. The third-order valence-corrected chi connectivity index (χ3v) is 4.40. The Kier molecular flexibility index (Phi) is 4.03. The van der Waals surface area contributed by atoms with E-state index in [-0.39, 0.29) is 0 Å². The van der Waals surface area contributed by atoms with Crippen LogP contribution >= 0.6 is 0 Å². The minimum Gasteiger partial charge on any atom is -0.341 e. The average Bonchev–Trinajstić information content (AvgIpc) is 2.87. The summed E-state index contributed by atoms with van der Waals surface area (Å²) in [5.41, 5.74) is 2.17. The van der Waals surface area contributed by atoms with Crippen LogP contribution in [0.1, 0.15) is 25.6 Å². The number of nitrogens with one attached hydrogen (secondary N) is 2. The summed E-state index contributed by atoms with van der Waals surface area (Å²) in [5, 5.41) is 3.63. The molecule has 20 heavy (non-hydrogen) atoms. The topological polar surface area (TPSA) is 44.0 Å². The minimum absolute atomic E-state index is 0.533. The Bertz CT molecular complexity index is 529. The van der Waals surface area contributed by atoms with Crippen molar-refractivity contribution < 1.29 is 0 Å². The number of imidazole rings is 1. The molecule has 2 unspecified atom stereocenters. The Hall–Kier alpha value is -1.39. The molecule has 0 bridgehead atoms. The van der Waals surface area contributed by atoms with Crippen LogP contribution in [-0.2, 0) is 6.54 Å². The molecule has 1 aromatic carbocycles. The average molecular weight is 272 g/mol. The van der Waals surface area contributed by atoms with Crippen LogP contribution in [0.3, 0.4) is 0 Å². The van der Waals surface area contributed by atoms with Crippen molar-refractivity contribution in [3.63, 3.8) is 0 Å². The number of likely N-dealkylation sites (tertiary alicyclic amines) is 1. The fourth-order valence-corrected chi connectivity index (χ4v) is 3.13. The summed E-state index contributed by atoms with van der Waals surface area (Å²) in [6.07, 6.45) is 2.65. The predicted octanol–water partition coefficient (Wildman–Crippen LogP) is 2.38. The Balaban J connectivity index is 1.58. The molecule has 0 spiro atoms. The monoisotopic (exact) mass is 272 g/mol. The van der Waals surface area contributed by atoms with Crippen LogP contribution in [-0.4, -0.2) is 41.0 Å². The second-order valence-electron chi connectivity index (χ2n) is 6.03.